The third-order valence-corrected chi connectivity index (χ3v) is 6.53. The number of rotatable bonds is 5. The Morgan fingerprint density at radius 1 is 1.06 bits per heavy atom. The molecule has 0 radical (unpaired) electrons. The minimum Gasteiger partial charge on any atom is -0.497 e. The summed E-state index contributed by atoms with van der Waals surface area (Å²) in [6.07, 6.45) is 5.18. The van der Waals surface area contributed by atoms with E-state index < -0.39 is 0 Å². The standard InChI is InChI=1S/C25H26N6O2/c1-33-18-10-7-16(8-11-18)22-29-23-19-12-9-17(15-5-6-15)14-21(19)28-25(31(23)30-22)27-20-4-2-3-13-26-24(20)32/h7-12,14-15,20H,2-6,13H2,1H3,(H,26,32)(H,27,28)/t20-/m1/s1. The Kier molecular flexibility index (Phi) is 4.86. The zero-order valence-electron chi connectivity index (χ0n) is 18.5. The molecule has 1 saturated carbocycles. The highest BCUT2D eigenvalue weighted by Crippen LogP contribution is 2.41. The molecular formula is C25H26N6O2. The highest BCUT2D eigenvalue weighted by molar-refractivity contribution is 5.94. The maximum absolute atomic E-state index is 12.6. The predicted octanol–water partition coefficient (Wildman–Crippen LogP) is 3.91. The van der Waals surface area contributed by atoms with Crippen LogP contribution >= 0.6 is 0 Å². The molecule has 1 amide bonds. The van der Waals surface area contributed by atoms with Crippen molar-refractivity contribution >= 4 is 28.4 Å². The summed E-state index contributed by atoms with van der Waals surface area (Å²) in [5.74, 6) is 2.56. The molecule has 1 aliphatic heterocycles. The van der Waals surface area contributed by atoms with Gasteiger partial charge in [-0.1, -0.05) is 6.07 Å². The lowest BCUT2D eigenvalue weighted by atomic mass is 10.1. The molecule has 3 heterocycles. The van der Waals surface area contributed by atoms with Crippen LogP contribution in [-0.4, -0.2) is 45.2 Å². The molecule has 1 atom stereocenters. The van der Waals surface area contributed by atoms with Crippen LogP contribution in [0.15, 0.2) is 42.5 Å². The normalized spacial score (nSPS) is 18.8. The highest BCUT2D eigenvalue weighted by atomic mass is 16.5. The number of amides is 1. The van der Waals surface area contributed by atoms with E-state index in [0.29, 0.717) is 24.2 Å². The van der Waals surface area contributed by atoms with Crippen LogP contribution < -0.4 is 15.4 Å². The van der Waals surface area contributed by atoms with Crippen LogP contribution in [-0.2, 0) is 4.79 Å². The fourth-order valence-corrected chi connectivity index (χ4v) is 4.49. The number of hydrogen-bond acceptors (Lipinski definition) is 6. The van der Waals surface area contributed by atoms with Gasteiger partial charge in [-0.3, -0.25) is 4.79 Å². The topological polar surface area (TPSA) is 93.4 Å². The van der Waals surface area contributed by atoms with Crippen LogP contribution in [0.1, 0.15) is 43.6 Å². The number of ether oxygens (including phenoxy) is 1. The number of anilines is 1. The molecule has 0 spiro atoms. The van der Waals surface area contributed by atoms with Crippen molar-refractivity contribution in [2.24, 2.45) is 0 Å². The van der Waals surface area contributed by atoms with Crippen LogP contribution in [0, 0.1) is 0 Å². The maximum Gasteiger partial charge on any atom is 0.242 e. The first kappa shape index (κ1) is 20.0. The minimum atomic E-state index is -0.346. The Bertz CT molecular complexity index is 1340. The fraction of sp³-hybridized carbons (Fsp3) is 0.360. The van der Waals surface area contributed by atoms with Crippen LogP contribution in [0.3, 0.4) is 0 Å². The van der Waals surface area contributed by atoms with Crippen LogP contribution in [0.5, 0.6) is 5.75 Å². The smallest absolute Gasteiger partial charge is 0.242 e. The van der Waals surface area contributed by atoms with Crippen molar-refractivity contribution in [3.05, 3.63) is 48.0 Å². The molecule has 4 aromatic rings. The van der Waals surface area contributed by atoms with Crippen LogP contribution in [0.2, 0.25) is 0 Å². The van der Waals surface area contributed by atoms with Gasteiger partial charge >= 0.3 is 0 Å². The van der Waals surface area contributed by atoms with Crippen LogP contribution in [0.25, 0.3) is 27.9 Å². The molecule has 168 valence electrons. The molecular weight excluding hydrogens is 416 g/mol. The fourth-order valence-electron chi connectivity index (χ4n) is 4.49. The summed E-state index contributed by atoms with van der Waals surface area (Å²) in [7, 11) is 1.65. The van der Waals surface area contributed by atoms with Crippen molar-refractivity contribution in [1.82, 2.24) is 24.9 Å². The summed E-state index contributed by atoms with van der Waals surface area (Å²) >= 11 is 0. The average molecular weight is 443 g/mol. The zero-order chi connectivity index (χ0) is 22.4. The number of hydrogen-bond donors (Lipinski definition) is 2. The monoisotopic (exact) mass is 442 g/mol. The van der Waals surface area contributed by atoms with E-state index in [9.17, 15) is 4.79 Å². The van der Waals surface area contributed by atoms with E-state index in [4.69, 9.17) is 19.8 Å². The first-order chi connectivity index (χ1) is 16.2. The third-order valence-electron chi connectivity index (χ3n) is 6.53. The molecule has 2 fully saturated rings. The van der Waals surface area contributed by atoms with E-state index in [2.05, 4.69) is 28.8 Å². The van der Waals surface area contributed by atoms with E-state index in [0.717, 1.165) is 47.1 Å². The number of benzene rings is 2. The van der Waals surface area contributed by atoms with Crippen molar-refractivity contribution < 1.29 is 9.53 Å². The summed E-state index contributed by atoms with van der Waals surface area (Å²) in [6, 6.07) is 13.8. The first-order valence-corrected chi connectivity index (χ1v) is 11.6. The van der Waals surface area contributed by atoms with Gasteiger partial charge in [-0.25, -0.2) is 9.97 Å². The van der Waals surface area contributed by atoms with E-state index >= 15 is 0 Å². The third kappa shape index (κ3) is 3.75. The summed E-state index contributed by atoms with van der Waals surface area (Å²) in [6.45, 7) is 0.716. The molecule has 0 unspecified atom stereocenters. The van der Waals surface area contributed by atoms with Gasteiger partial charge in [0.2, 0.25) is 11.9 Å². The molecule has 2 aromatic carbocycles. The molecule has 8 heteroatoms. The summed E-state index contributed by atoms with van der Waals surface area (Å²) in [4.78, 5) is 22.4. The molecule has 6 rings (SSSR count). The largest absolute Gasteiger partial charge is 0.497 e. The Morgan fingerprint density at radius 3 is 2.70 bits per heavy atom. The van der Waals surface area contributed by atoms with Gasteiger partial charge in [0.1, 0.15) is 11.8 Å². The number of methoxy groups -OCH3 is 1. The Hall–Kier alpha value is -3.68. The quantitative estimate of drug-likeness (QED) is 0.487. The maximum atomic E-state index is 12.6. The van der Waals surface area contributed by atoms with Gasteiger partial charge in [0, 0.05) is 17.5 Å². The number of carbonyl (C=O) groups is 1. The van der Waals surface area contributed by atoms with Gasteiger partial charge in [-0.05, 0) is 80.0 Å². The Labute approximate surface area is 191 Å². The Balaban J connectivity index is 1.49. The molecule has 1 aliphatic carbocycles. The van der Waals surface area contributed by atoms with Crippen LogP contribution in [0.4, 0.5) is 5.95 Å². The second-order valence-electron chi connectivity index (χ2n) is 8.87. The van der Waals surface area contributed by atoms with E-state index in [1.807, 2.05) is 24.3 Å². The summed E-state index contributed by atoms with van der Waals surface area (Å²) in [5.41, 5.74) is 3.80. The van der Waals surface area contributed by atoms with Crippen molar-refractivity contribution in [2.75, 3.05) is 19.0 Å². The zero-order valence-corrected chi connectivity index (χ0v) is 18.5. The van der Waals surface area contributed by atoms with Crippen molar-refractivity contribution in [1.29, 1.82) is 0 Å². The second-order valence-corrected chi connectivity index (χ2v) is 8.87. The van der Waals surface area contributed by atoms with E-state index in [1.54, 1.807) is 11.6 Å². The van der Waals surface area contributed by atoms with Gasteiger partial charge in [0.25, 0.3) is 0 Å². The van der Waals surface area contributed by atoms with Crippen molar-refractivity contribution in [2.45, 2.75) is 44.1 Å². The van der Waals surface area contributed by atoms with Crippen molar-refractivity contribution in [3.8, 4) is 17.1 Å². The van der Waals surface area contributed by atoms with Crippen molar-refractivity contribution in [3.63, 3.8) is 0 Å². The highest BCUT2D eigenvalue weighted by Gasteiger charge is 2.26. The van der Waals surface area contributed by atoms with E-state index in [-0.39, 0.29) is 11.9 Å². The molecule has 2 aromatic heterocycles. The molecule has 1 saturated heterocycles. The number of carbonyl (C=O) groups excluding carboxylic acids is 1. The molecule has 0 bridgehead atoms. The van der Waals surface area contributed by atoms with Gasteiger partial charge in [-0.2, -0.15) is 4.52 Å². The summed E-state index contributed by atoms with van der Waals surface area (Å²) < 4.78 is 7.01. The summed E-state index contributed by atoms with van der Waals surface area (Å²) in [5, 5.41) is 12.1. The number of fused-ring (bicyclic) bond motifs is 3. The second kappa shape index (κ2) is 8.03. The first-order valence-electron chi connectivity index (χ1n) is 11.6. The molecule has 8 nitrogen and oxygen atoms in total. The number of nitrogens with zero attached hydrogens (tertiary/aromatic N) is 4. The van der Waals surface area contributed by atoms with E-state index in [1.165, 1.54) is 18.4 Å². The van der Waals surface area contributed by atoms with Gasteiger partial charge in [0.05, 0.1) is 12.6 Å². The number of aromatic nitrogens is 4. The minimum absolute atomic E-state index is 0.00442. The van der Waals surface area contributed by atoms with Gasteiger partial charge < -0.3 is 15.4 Å². The lowest BCUT2D eigenvalue weighted by Gasteiger charge is -2.17. The lowest BCUT2D eigenvalue weighted by Crippen LogP contribution is -2.38. The predicted molar refractivity (Wildman–Crippen MR) is 127 cm³/mol. The average Bonchev–Trinajstić information content (AvgIpc) is 3.63. The number of nitrogens with one attached hydrogen (secondary N) is 2. The van der Waals surface area contributed by atoms with Gasteiger partial charge in [0.15, 0.2) is 11.5 Å². The Morgan fingerprint density at radius 2 is 1.91 bits per heavy atom. The molecule has 2 N–H and O–H groups in total. The lowest BCUT2D eigenvalue weighted by molar-refractivity contribution is -0.121. The molecule has 33 heavy (non-hydrogen) atoms. The van der Waals surface area contributed by atoms with Gasteiger partial charge in [-0.15, -0.1) is 5.10 Å². The molecule has 2 aliphatic rings. The SMILES string of the molecule is COc1ccc(-c2nc3c4ccc(C5CC5)cc4nc(N[C@@H]4CCCCNC4=O)n3n2)cc1.